The number of carbonyl (C=O) groups is 1. The van der Waals surface area contributed by atoms with Gasteiger partial charge in [-0.25, -0.2) is 10.1 Å². The highest BCUT2D eigenvalue weighted by molar-refractivity contribution is 6.04. The number of ether oxygens (including phenoxy) is 1. The van der Waals surface area contributed by atoms with Crippen LogP contribution in [-0.2, 0) is 4.79 Å². The van der Waals surface area contributed by atoms with Crippen molar-refractivity contribution in [1.82, 2.24) is 15.2 Å². The van der Waals surface area contributed by atoms with E-state index in [-0.39, 0.29) is 11.5 Å². The first-order valence-electron chi connectivity index (χ1n) is 12.6. The minimum Gasteiger partial charge on any atom is -0.497 e. The number of benzene rings is 4. The number of hydrazone groups is 1. The molecule has 0 bridgehead atoms. The topological polar surface area (TPSA) is 88.5 Å². The number of H-pyrrole nitrogens is 1. The van der Waals surface area contributed by atoms with Crippen molar-refractivity contribution in [2.24, 2.45) is 5.10 Å². The number of para-hydroxylation sites is 1. The molecule has 1 amide bonds. The van der Waals surface area contributed by atoms with Crippen molar-refractivity contribution in [3.63, 3.8) is 0 Å². The Bertz CT molecular complexity index is 1600. The van der Waals surface area contributed by atoms with Crippen LogP contribution in [-0.4, -0.2) is 28.5 Å². The van der Waals surface area contributed by atoms with Gasteiger partial charge in [0.25, 0.3) is 11.5 Å². The van der Waals surface area contributed by atoms with Gasteiger partial charge in [0.1, 0.15) is 5.75 Å². The van der Waals surface area contributed by atoms with Gasteiger partial charge in [-0.2, -0.15) is 5.10 Å². The molecule has 39 heavy (non-hydrogen) atoms. The van der Waals surface area contributed by atoms with Gasteiger partial charge in [0.15, 0.2) is 0 Å². The van der Waals surface area contributed by atoms with Gasteiger partial charge in [-0.1, -0.05) is 78.9 Å². The smallest absolute Gasteiger partial charge is 0.281 e. The molecule has 2 N–H and O–H groups in total. The molecule has 0 spiro atoms. The van der Waals surface area contributed by atoms with Crippen molar-refractivity contribution >= 4 is 11.6 Å². The first-order chi connectivity index (χ1) is 19.1. The fourth-order valence-corrected chi connectivity index (χ4v) is 4.54. The highest BCUT2D eigenvalue weighted by Crippen LogP contribution is 2.26. The van der Waals surface area contributed by atoms with Crippen molar-refractivity contribution < 1.29 is 9.53 Å². The molecular formula is C32H28N4O3. The molecule has 1 aromatic heterocycles. The zero-order valence-electron chi connectivity index (χ0n) is 21.7. The molecule has 0 aliphatic rings. The fourth-order valence-electron chi connectivity index (χ4n) is 4.54. The molecule has 5 aromatic rings. The number of hydrogen-bond acceptors (Lipinski definition) is 4. The Morgan fingerprint density at radius 2 is 1.36 bits per heavy atom. The lowest BCUT2D eigenvalue weighted by molar-refractivity contribution is -0.121. The molecule has 1 heterocycles. The molecule has 7 nitrogen and oxygen atoms in total. The SMILES string of the molecule is COc1ccc(-c2[nH]n(-c3ccccc3)c(=O)c2C(C)=NNC(=O)C(c2ccccc2)c2ccccc2)cc1. The molecule has 5 rings (SSSR count). The van der Waals surface area contributed by atoms with Crippen molar-refractivity contribution in [3.05, 3.63) is 142 Å². The largest absolute Gasteiger partial charge is 0.497 e. The summed E-state index contributed by atoms with van der Waals surface area (Å²) in [5, 5.41) is 7.65. The van der Waals surface area contributed by atoms with E-state index in [1.165, 1.54) is 4.68 Å². The van der Waals surface area contributed by atoms with E-state index in [1.54, 1.807) is 14.0 Å². The predicted molar refractivity (Wildman–Crippen MR) is 153 cm³/mol. The average Bonchev–Trinajstić information content (AvgIpc) is 3.34. The lowest BCUT2D eigenvalue weighted by Crippen LogP contribution is -2.28. The van der Waals surface area contributed by atoms with Crippen LogP contribution >= 0.6 is 0 Å². The summed E-state index contributed by atoms with van der Waals surface area (Å²) in [5.41, 5.74) is 6.94. The first-order valence-corrected chi connectivity index (χ1v) is 12.6. The summed E-state index contributed by atoms with van der Waals surface area (Å²) in [4.78, 5) is 27.2. The van der Waals surface area contributed by atoms with Gasteiger partial charge in [0, 0.05) is 5.56 Å². The maximum Gasteiger partial charge on any atom is 0.281 e. The van der Waals surface area contributed by atoms with Gasteiger partial charge in [-0.15, -0.1) is 0 Å². The molecule has 7 heteroatoms. The Morgan fingerprint density at radius 1 is 0.821 bits per heavy atom. The average molecular weight is 517 g/mol. The third kappa shape index (κ3) is 5.43. The van der Waals surface area contributed by atoms with Crippen LogP contribution in [0.1, 0.15) is 29.5 Å². The number of rotatable bonds is 8. The molecule has 0 aliphatic carbocycles. The number of aromatic nitrogens is 2. The normalized spacial score (nSPS) is 11.4. The van der Waals surface area contributed by atoms with Gasteiger partial charge in [0.05, 0.1) is 35.7 Å². The number of nitrogens with one attached hydrogen (secondary N) is 2. The van der Waals surface area contributed by atoms with Gasteiger partial charge >= 0.3 is 0 Å². The van der Waals surface area contributed by atoms with E-state index in [1.807, 2.05) is 115 Å². The Hall–Kier alpha value is -5.17. The molecule has 0 saturated heterocycles. The number of carbonyl (C=O) groups excluding carboxylic acids is 1. The molecule has 0 aliphatic heterocycles. The summed E-state index contributed by atoms with van der Waals surface area (Å²) in [6.45, 7) is 1.72. The van der Waals surface area contributed by atoms with Crippen LogP contribution in [0.2, 0.25) is 0 Å². The molecule has 0 saturated carbocycles. The monoisotopic (exact) mass is 516 g/mol. The second kappa shape index (κ2) is 11.5. The van der Waals surface area contributed by atoms with E-state index < -0.39 is 5.92 Å². The molecule has 0 radical (unpaired) electrons. The van der Waals surface area contributed by atoms with Crippen molar-refractivity contribution in [2.75, 3.05) is 7.11 Å². The summed E-state index contributed by atoms with van der Waals surface area (Å²) >= 11 is 0. The number of methoxy groups -OCH3 is 1. The van der Waals surface area contributed by atoms with Crippen molar-refractivity contribution in [3.8, 4) is 22.7 Å². The lowest BCUT2D eigenvalue weighted by atomic mass is 9.91. The third-order valence-corrected chi connectivity index (χ3v) is 6.51. The Morgan fingerprint density at radius 3 is 1.90 bits per heavy atom. The number of aromatic amines is 1. The standard InChI is InChI=1S/C32H28N4O3/c1-22(33-34-31(37)29(23-12-6-3-7-13-23)24-14-8-4-9-15-24)28-30(25-18-20-27(39-2)21-19-25)35-36(32(28)38)26-16-10-5-11-17-26/h3-21,29,35H,1-2H3,(H,34,37). The molecule has 0 unspecified atom stereocenters. The molecule has 4 aromatic carbocycles. The highest BCUT2D eigenvalue weighted by atomic mass is 16.5. The minimum atomic E-state index is -0.558. The molecule has 0 fully saturated rings. The van der Waals surface area contributed by atoms with Crippen LogP contribution in [0.15, 0.2) is 125 Å². The van der Waals surface area contributed by atoms with E-state index in [0.29, 0.717) is 28.4 Å². The fraction of sp³-hybridized carbons (Fsp3) is 0.0938. The summed E-state index contributed by atoms with van der Waals surface area (Å²) in [5.74, 6) is -0.149. The Kier molecular flexibility index (Phi) is 7.50. The summed E-state index contributed by atoms with van der Waals surface area (Å²) < 4.78 is 6.77. The first kappa shape index (κ1) is 25.5. The number of hydrogen-bond donors (Lipinski definition) is 2. The summed E-state index contributed by atoms with van der Waals surface area (Å²) in [7, 11) is 1.60. The number of amides is 1. The maximum absolute atomic E-state index is 13.7. The molecular weight excluding hydrogens is 488 g/mol. The van der Waals surface area contributed by atoms with E-state index in [4.69, 9.17) is 4.74 Å². The van der Waals surface area contributed by atoms with Crippen LogP contribution < -0.4 is 15.7 Å². The van der Waals surface area contributed by atoms with Gasteiger partial charge in [0.2, 0.25) is 0 Å². The highest BCUT2D eigenvalue weighted by Gasteiger charge is 2.24. The second-order valence-electron chi connectivity index (χ2n) is 8.99. The van der Waals surface area contributed by atoms with Gasteiger partial charge < -0.3 is 4.74 Å². The maximum atomic E-state index is 13.7. The predicted octanol–water partition coefficient (Wildman–Crippen LogP) is 5.51. The van der Waals surface area contributed by atoms with Crippen LogP contribution in [0.25, 0.3) is 16.9 Å². The van der Waals surface area contributed by atoms with Crippen LogP contribution in [0, 0.1) is 0 Å². The summed E-state index contributed by atoms with van der Waals surface area (Å²) in [6, 6.07) is 35.8. The van der Waals surface area contributed by atoms with E-state index in [2.05, 4.69) is 15.6 Å². The zero-order chi connectivity index (χ0) is 27.2. The van der Waals surface area contributed by atoms with Gasteiger partial charge in [-0.05, 0) is 54.4 Å². The Labute approximate surface area is 226 Å². The second-order valence-corrected chi connectivity index (χ2v) is 8.99. The van der Waals surface area contributed by atoms with Crippen LogP contribution in [0.5, 0.6) is 5.75 Å². The van der Waals surface area contributed by atoms with Gasteiger partial charge in [-0.3, -0.25) is 14.7 Å². The van der Waals surface area contributed by atoms with E-state index >= 15 is 0 Å². The van der Waals surface area contributed by atoms with Crippen molar-refractivity contribution in [2.45, 2.75) is 12.8 Å². The van der Waals surface area contributed by atoms with Crippen LogP contribution in [0.3, 0.4) is 0 Å². The van der Waals surface area contributed by atoms with Crippen LogP contribution in [0.4, 0.5) is 0 Å². The Balaban J connectivity index is 1.54. The number of nitrogens with zero attached hydrogens (tertiary/aromatic N) is 2. The lowest BCUT2D eigenvalue weighted by Gasteiger charge is -2.16. The molecule has 194 valence electrons. The third-order valence-electron chi connectivity index (χ3n) is 6.51. The zero-order valence-corrected chi connectivity index (χ0v) is 21.7. The molecule has 0 atom stereocenters. The minimum absolute atomic E-state index is 0.273. The van der Waals surface area contributed by atoms with E-state index in [9.17, 15) is 9.59 Å². The van der Waals surface area contributed by atoms with E-state index in [0.717, 1.165) is 16.7 Å². The quantitative estimate of drug-likeness (QED) is 0.210. The van der Waals surface area contributed by atoms with Crippen molar-refractivity contribution in [1.29, 1.82) is 0 Å². The summed E-state index contributed by atoms with van der Waals surface area (Å²) in [6.07, 6.45) is 0.